The van der Waals surface area contributed by atoms with E-state index in [0.29, 0.717) is 23.3 Å². The minimum Gasteiger partial charge on any atom is -0.462 e. The number of allylic oxidation sites excluding steroid dienone is 2. The zero-order valence-corrected chi connectivity index (χ0v) is 16.7. The maximum Gasteiger partial charge on any atom is 0.316 e. The second-order valence-corrected chi connectivity index (χ2v) is 8.38. The van der Waals surface area contributed by atoms with E-state index in [1.807, 2.05) is 0 Å². The molecule has 1 aromatic carbocycles. The van der Waals surface area contributed by atoms with Gasteiger partial charge in [0.05, 0.1) is 0 Å². The standard InChI is InChI=1S/C24H28FNO3/c1-15-21(24(28)29-18-10-4-2-3-5-11-18)22(16-8-6-9-17(25)14-16)23-19(26-15)12-7-13-20(23)27/h6,8-9,14,18,21-22,26H,1-5,7,10-13H2. The molecule has 0 amide bonds. The van der Waals surface area contributed by atoms with E-state index in [0.717, 1.165) is 44.2 Å². The van der Waals surface area contributed by atoms with Crippen LogP contribution >= 0.6 is 0 Å². The fourth-order valence-corrected chi connectivity index (χ4v) is 4.93. The monoisotopic (exact) mass is 397 g/mol. The van der Waals surface area contributed by atoms with Crippen molar-refractivity contribution in [2.24, 2.45) is 5.92 Å². The van der Waals surface area contributed by atoms with Crippen molar-refractivity contribution in [3.8, 4) is 0 Å². The molecule has 1 aliphatic heterocycles. The fourth-order valence-electron chi connectivity index (χ4n) is 4.93. The summed E-state index contributed by atoms with van der Waals surface area (Å²) >= 11 is 0. The lowest BCUT2D eigenvalue weighted by Crippen LogP contribution is -2.42. The summed E-state index contributed by atoms with van der Waals surface area (Å²) in [5, 5.41) is 3.21. The Morgan fingerprint density at radius 2 is 1.86 bits per heavy atom. The molecule has 3 aliphatic rings. The van der Waals surface area contributed by atoms with Crippen LogP contribution in [0.4, 0.5) is 4.39 Å². The van der Waals surface area contributed by atoms with Crippen LogP contribution in [0.15, 0.2) is 47.8 Å². The first-order chi connectivity index (χ1) is 14.0. The van der Waals surface area contributed by atoms with Gasteiger partial charge >= 0.3 is 5.97 Å². The predicted octanol–water partition coefficient (Wildman–Crippen LogP) is 4.92. The summed E-state index contributed by atoms with van der Waals surface area (Å²) in [4.78, 5) is 26.1. The van der Waals surface area contributed by atoms with Crippen LogP contribution in [0.25, 0.3) is 0 Å². The smallest absolute Gasteiger partial charge is 0.316 e. The van der Waals surface area contributed by atoms with Crippen molar-refractivity contribution < 1.29 is 18.7 Å². The van der Waals surface area contributed by atoms with Crippen LogP contribution in [0.1, 0.15) is 69.3 Å². The highest BCUT2D eigenvalue weighted by Crippen LogP contribution is 2.44. The molecule has 1 fully saturated rings. The number of carbonyl (C=O) groups excluding carboxylic acids is 2. The van der Waals surface area contributed by atoms with Gasteiger partial charge < -0.3 is 10.1 Å². The molecule has 0 saturated heterocycles. The molecule has 0 aromatic heterocycles. The normalized spacial score (nSPS) is 25.8. The third-order valence-corrected chi connectivity index (χ3v) is 6.33. The average Bonchev–Trinajstić information content (AvgIpc) is 2.95. The topological polar surface area (TPSA) is 55.4 Å². The van der Waals surface area contributed by atoms with Crippen molar-refractivity contribution in [3.05, 3.63) is 59.2 Å². The van der Waals surface area contributed by atoms with Gasteiger partial charge in [-0.05, 0) is 56.2 Å². The summed E-state index contributed by atoms with van der Waals surface area (Å²) in [5.41, 5.74) is 2.57. The van der Waals surface area contributed by atoms with Crippen LogP contribution in [-0.2, 0) is 14.3 Å². The van der Waals surface area contributed by atoms with E-state index in [2.05, 4.69) is 11.9 Å². The molecule has 1 heterocycles. The first-order valence-corrected chi connectivity index (χ1v) is 10.7. The Labute approximate surface area is 171 Å². The van der Waals surface area contributed by atoms with Crippen LogP contribution in [0.3, 0.4) is 0 Å². The molecule has 2 atom stereocenters. The van der Waals surface area contributed by atoms with Crippen molar-refractivity contribution in [2.45, 2.75) is 69.8 Å². The van der Waals surface area contributed by atoms with E-state index in [-0.39, 0.29) is 23.7 Å². The largest absolute Gasteiger partial charge is 0.462 e. The number of Topliss-reactive ketones (excluding diaryl/α,β-unsaturated/α-hetero) is 1. The Balaban J connectivity index is 1.70. The molecule has 2 unspecified atom stereocenters. The fraction of sp³-hybridized carbons (Fsp3) is 0.500. The Morgan fingerprint density at radius 3 is 2.59 bits per heavy atom. The minimum atomic E-state index is -0.735. The summed E-state index contributed by atoms with van der Waals surface area (Å²) in [6, 6.07) is 6.19. The average molecular weight is 397 g/mol. The van der Waals surface area contributed by atoms with Gasteiger partial charge in [-0.15, -0.1) is 0 Å². The Bertz CT molecular complexity index is 851. The minimum absolute atomic E-state index is 0.0211. The van der Waals surface area contributed by atoms with Crippen molar-refractivity contribution >= 4 is 11.8 Å². The highest BCUT2D eigenvalue weighted by Gasteiger charge is 2.44. The third-order valence-electron chi connectivity index (χ3n) is 6.33. The SMILES string of the molecule is C=C1NC2=C(C(=O)CCC2)C(c2cccc(F)c2)C1C(=O)OC1CCCCCC1. The van der Waals surface area contributed by atoms with Crippen LogP contribution < -0.4 is 5.32 Å². The molecule has 0 bridgehead atoms. The quantitative estimate of drug-likeness (QED) is 0.581. The van der Waals surface area contributed by atoms with Gasteiger partial charge in [0, 0.05) is 29.3 Å². The second kappa shape index (κ2) is 8.52. The summed E-state index contributed by atoms with van der Waals surface area (Å²) < 4.78 is 19.9. The molecule has 1 aromatic rings. The number of benzene rings is 1. The summed E-state index contributed by atoms with van der Waals surface area (Å²) in [6.45, 7) is 4.09. The van der Waals surface area contributed by atoms with Gasteiger partial charge in [0.1, 0.15) is 17.8 Å². The molecule has 5 heteroatoms. The van der Waals surface area contributed by atoms with Gasteiger partial charge in [0.2, 0.25) is 0 Å². The van der Waals surface area contributed by atoms with Crippen LogP contribution in [0.5, 0.6) is 0 Å². The van der Waals surface area contributed by atoms with Gasteiger partial charge in [-0.2, -0.15) is 0 Å². The number of carbonyl (C=O) groups is 2. The van der Waals surface area contributed by atoms with E-state index in [9.17, 15) is 14.0 Å². The van der Waals surface area contributed by atoms with Gasteiger partial charge in [0.25, 0.3) is 0 Å². The van der Waals surface area contributed by atoms with Gasteiger partial charge in [-0.1, -0.05) is 31.6 Å². The first-order valence-electron chi connectivity index (χ1n) is 10.7. The van der Waals surface area contributed by atoms with Gasteiger partial charge in [0.15, 0.2) is 5.78 Å². The lowest BCUT2D eigenvalue weighted by molar-refractivity contribution is -0.154. The molecule has 1 saturated carbocycles. The number of ketones is 1. The summed E-state index contributed by atoms with van der Waals surface area (Å²) in [5.74, 6) is -2.02. The third kappa shape index (κ3) is 4.14. The summed E-state index contributed by atoms with van der Waals surface area (Å²) in [7, 11) is 0. The Kier molecular flexibility index (Phi) is 5.84. The molecular formula is C24H28FNO3. The Hall–Kier alpha value is -2.43. The van der Waals surface area contributed by atoms with E-state index in [1.165, 1.54) is 25.0 Å². The van der Waals surface area contributed by atoms with Crippen molar-refractivity contribution in [1.82, 2.24) is 5.32 Å². The van der Waals surface area contributed by atoms with Gasteiger partial charge in [-0.25, -0.2) is 4.39 Å². The maximum atomic E-state index is 14.0. The number of rotatable bonds is 3. The van der Waals surface area contributed by atoms with E-state index in [4.69, 9.17) is 4.74 Å². The van der Waals surface area contributed by atoms with E-state index in [1.54, 1.807) is 12.1 Å². The number of esters is 1. The predicted molar refractivity (Wildman–Crippen MR) is 108 cm³/mol. The van der Waals surface area contributed by atoms with Crippen molar-refractivity contribution in [3.63, 3.8) is 0 Å². The lowest BCUT2D eigenvalue weighted by atomic mass is 9.71. The number of hydrogen-bond acceptors (Lipinski definition) is 4. The molecule has 29 heavy (non-hydrogen) atoms. The first kappa shape index (κ1) is 19.9. The molecule has 4 rings (SSSR count). The molecular weight excluding hydrogens is 369 g/mol. The molecule has 0 spiro atoms. The maximum absolute atomic E-state index is 14.0. The lowest BCUT2D eigenvalue weighted by Gasteiger charge is -2.38. The van der Waals surface area contributed by atoms with Crippen molar-refractivity contribution in [2.75, 3.05) is 0 Å². The molecule has 0 radical (unpaired) electrons. The number of nitrogens with one attached hydrogen (secondary N) is 1. The van der Waals surface area contributed by atoms with Gasteiger partial charge in [-0.3, -0.25) is 9.59 Å². The van der Waals surface area contributed by atoms with E-state index >= 15 is 0 Å². The highest BCUT2D eigenvalue weighted by atomic mass is 19.1. The van der Waals surface area contributed by atoms with Crippen molar-refractivity contribution in [1.29, 1.82) is 0 Å². The zero-order chi connectivity index (χ0) is 20.4. The molecule has 4 nitrogen and oxygen atoms in total. The highest BCUT2D eigenvalue weighted by molar-refractivity contribution is 6.00. The molecule has 154 valence electrons. The zero-order valence-electron chi connectivity index (χ0n) is 16.7. The number of ether oxygens (including phenoxy) is 1. The van der Waals surface area contributed by atoms with Crippen LogP contribution in [-0.4, -0.2) is 17.9 Å². The number of halogens is 1. The number of hydrogen-bond donors (Lipinski definition) is 1. The van der Waals surface area contributed by atoms with Crippen LogP contribution in [0, 0.1) is 11.7 Å². The molecule has 1 N–H and O–H groups in total. The second-order valence-electron chi connectivity index (χ2n) is 8.38. The van der Waals surface area contributed by atoms with Crippen LogP contribution in [0.2, 0.25) is 0 Å². The van der Waals surface area contributed by atoms with E-state index < -0.39 is 11.8 Å². The summed E-state index contributed by atoms with van der Waals surface area (Å²) in [6.07, 6.45) is 8.05. The molecule has 2 aliphatic carbocycles. The Morgan fingerprint density at radius 1 is 1.10 bits per heavy atom.